The van der Waals surface area contributed by atoms with Gasteiger partial charge in [-0.05, 0) is 19.3 Å². The van der Waals surface area contributed by atoms with Gasteiger partial charge in [0.2, 0.25) is 0 Å². The second kappa shape index (κ2) is 5.33. The Balaban J connectivity index is 2.01. The average molecular weight is 249 g/mol. The fraction of sp³-hybridized carbons (Fsp3) is 0.615. The highest BCUT2D eigenvalue weighted by Crippen LogP contribution is 2.16. The lowest BCUT2D eigenvalue weighted by Gasteiger charge is -2.21. The standard InChI is InChI=1S/C13H19N3O2/c1-3-12-11(8-16(2)15-12)13(18)14-9-4-6-10(17)7-5-9/h8-9H,3-7H2,1-2H3,(H,14,18). The van der Waals surface area contributed by atoms with Crippen LogP contribution >= 0.6 is 0 Å². The summed E-state index contributed by atoms with van der Waals surface area (Å²) in [5.74, 6) is 0.232. The first-order valence-corrected chi connectivity index (χ1v) is 6.45. The molecular formula is C13H19N3O2. The first-order valence-electron chi connectivity index (χ1n) is 6.45. The van der Waals surface area contributed by atoms with Gasteiger partial charge in [0.25, 0.3) is 5.91 Å². The first-order chi connectivity index (χ1) is 8.60. The molecule has 1 fully saturated rings. The minimum Gasteiger partial charge on any atom is -0.349 e. The highest BCUT2D eigenvalue weighted by atomic mass is 16.2. The molecule has 1 aliphatic carbocycles. The Kier molecular flexibility index (Phi) is 3.79. The van der Waals surface area contributed by atoms with E-state index in [4.69, 9.17) is 0 Å². The van der Waals surface area contributed by atoms with E-state index < -0.39 is 0 Å². The van der Waals surface area contributed by atoms with Crippen molar-refractivity contribution >= 4 is 11.7 Å². The molecule has 0 unspecified atom stereocenters. The molecule has 1 aliphatic rings. The highest BCUT2D eigenvalue weighted by Gasteiger charge is 2.22. The summed E-state index contributed by atoms with van der Waals surface area (Å²) in [5, 5.41) is 7.26. The van der Waals surface area contributed by atoms with Crippen molar-refractivity contribution in [3.8, 4) is 0 Å². The van der Waals surface area contributed by atoms with Gasteiger partial charge in [-0.25, -0.2) is 0 Å². The van der Waals surface area contributed by atoms with Crippen LogP contribution in [0, 0.1) is 0 Å². The summed E-state index contributed by atoms with van der Waals surface area (Å²) < 4.78 is 1.66. The summed E-state index contributed by atoms with van der Waals surface area (Å²) in [6, 6.07) is 0.125. The molecule has 1 saturated carbocycles. The number of nitrogens with one attached hydrogen (secondary N) is 1. The van der Waals surface area contributed by atoms with Crippen LogP contribution in [-0.2, 0) is 18.3 Å². The van der Waals surface area contributed by atoms with E-state index in [0.29, 0.717) is 24.2 Å². The second-order valence-corrected chi connectivity index (χ2v) is 4.80. The lowest BCUT2D eigenvalue weighted by atomic mass is 9.94. The van der Waals surface area contributed by atoms with Gasteiger partial charge < -0.3 is 5.32 Å². The SMILES string of the molecule is CCc1nn(C)cc1C(=O)NC1CCC(=O)CC1. The predicted octanol–water partition coefficient (Wildman–Crippen LogP) is 1.22. The van der Waals surface area contributed by atoms with Crippen molar-refractivity contribution in [2.24, 2.45) is 7.05 Å². The van der Waals surface area contributed by atoms with Gasteiger partial charge in [-0.15, -0.1) is 0 Å². The van der Waals surface area contributed by atoms with Gasteiger partial charge in [-0.2, -0.15) is 5.10 Å². The summed E-state index contributed by atoms with van der Waals surface area (Å²) in [7, 11) is 1.81. The number of aromatic nitrogens is 2. The zero-order valence-electron chi connectivity index (χ0n) is 10.9. The predicted molar refractivity (Wildman–Crippen MR) is 67.3 cm³/mol. The maximum atomic E-state index is 12.1. The Morgan fingerprint density at radius 3 is 2.78 bits per heavy atom. The third-order valence-corrected chi connectivity index (χ3v) is 3.36. The smallest absolute Gasteiger partial charge is 0.254 e. The average Bonchev–Trinajstić information content (AvgIpc) is 2.73. The van der Waals surface area contributed by atoms with Crippen LogP contribution < -0.4 is 5.32 Å². The first kappa shape index (κ1) is 12.8. The lowest BCUT2D eigenvalue weighted by Crippen LogP contribution is -2.37. The molecule has 2 rings (SSSR count). The van der Waals surface area contributed by atoms with E-state index in [-0.39, 0.29) is 11.9 Å². The Morgan fingerprint density at radius 2 is 2.17 bits per heavy atom. The van der Waals surface area contributed by atoms with Crippen molar-refractivity contribution in [2.45, 2.75) is 45.1 Å². The van der Waals surface area contributed by atoms with E-state index in [0.717, 1.165) is 25.0 Å². The lowest BCUT2D eigenvalue weighted by molar-refractivity contribution is -0.120. The zero-order valence-corrected chi connectivity index (χ0v) is 10.9. The van der Waals surface area contributed by atoms with E-state index in [2.05, 4.69) is 10.4 Å². The van der Waals surface area contributed by atoms with E-state index in [9.17, 15) is 9.59 Å². The van der Waals surface area contributed by atoms with Gasteiger partial charge >= 0.3 is 0 Å². The Bertz CT molecular complexity index is 455. The molecule has 0 saturated heterocycles. The topological polar surface area (TPSA) is 64.0 Å². The number of aryl methyl sites for hydroxylation is 2. The van der Waals surface area contributed by atoms with Crippen LogP contribution in [-0.4, -0.2) is 27.5 Å². The molecule has 0 aliphatic heterocycles. The summed E-state index contributed by atoms with van der Waals surface area (Å²) in [5.41, 5.74) is 1.47. The minimum atomic E-state index is -0.0701. The van der Waals surface area contributed by atoms with Crippen molar-refractivity contribution in [1.29, 1.82) is 0 Å². The molecule has 1 aromatic heterocycles. The van der Waals surface area contributed by atoms with Gasteiger partial charge in [0.1, 0.15) is 5.78 Å². The highest BCUT2D eigenvalue weighted by molar-refractivity contribution is 5.95. The maximum Gasteiger partial charge on any atom is 0.254 e. The number of hydrogen-bond donors (Lipinski definition) is 1. The molecule has 0 aromatic carbocycles. The molecule has 1 heterocycles. The Morgan fingerprint density at radius 1 is 1.50 bits per heavy atom. The monoisotopic (exact) mass is 249 g/mol. The molecule has 18 heavy (non-hydrogen) atoms. The number of carbonyl (C=O) groups is 2. The van der Waals surface area contributed by atoms with Crippen LogP contribution in [0.25, 0.3) is 0 Å². The number of amides is 1. The molecule has 0 spiro atoms. The van der Waals surface area contributed by atoms with Crippen LogP contribution in [0.15, 0.2) is 6.20 Å². The molecule has 1 amide bonds. The molecule has 98 valence electrons. The van der Waals surface area contributed by atoms with E-state index in [1.807, 2.05) is 14.0 Å². The quantitative estimate of drug-likeness (QED) is 0.876. The third kappa shape index (κ3) is 2.78. The van der Waals surface area contributed by atoms with Crippen molar-refractivity contribution in [2.75, 3.05) is 0 Å². The van der Waals surface area contributed by atoms with Gasteiger partial charge in [0, 0.05) is 32.1 Å². The number of Topliss-reactive ketones (excluding diaryl/α,β-unsaturated/α-hetero) is 1. The summed E-state index contributed by atoms with van der Waals surface area (Å²) in [6.07, 6.45) is 5.17. The summed E-state index contributed by atoms with van der Waals surface area (Å²) in [4.78, 5) is 23.3. The summed E-state index contributed by atoms with van der Waals surface area (Å²) >= 11 is 0. The number of carbonyl (C=O) groups excluding carboxylic acids is 2. The van der Waals surface area contributed by atoms with Crippen molar-refractivity contribution in [1.82, 2.24) is 15.1 Å². The molecular weight excluding hydrogens is 230 g/mol. The molecule has 1 N–H and O–H groups in total. The number of ketones is 1. The second-order valence-electron chi connectivity index (χ2n) is 4.80. The zero-order chi connectivity index (χ0) is 13.1. The maximum absolute atomic E-state index is 12.1. The van der Waals surface area contributed by atoms with Crippen LogP contribution in [0.3, 0.4) is 0 Å². The largest absolute Gasteiger partial charge is 0.349 e. The third-order valence-electron chi connectivity index (χ3n) is 3.36. The molecule has 0 radical (unpaired) electrons. The van der Waals surface area contributed by atoms with Crippen LogP contribution in [0.5, 0.6) is 0 Å². The van der Waals surface area contributed by atoms with Crippen molar-refractivity contribution in [3.05, 3.63) is 17.5 Å². The van der Waals surface area contributed by atoms with Crippen molar-refractivity contribution in [3.63, 3.8) is 0 Å². The number of rotatable bonds is 3. The van der Waals surface area contributed by atoms with Gasteiger partial charge in [0.15, 0.2) is 0 Å². The normalized spacial score (nSPS) is 16.9. The molecule has 1 aromatic rings. The van der Waals surface area contributed by atoms with E-state index in [1.54, 1.807) is 10.9 Å². The van der Waals surface area contributed by atoms with Gasteiger partial charge in [-0.1, -0.05) is 6.92 Å². The molecule has 0 bridgehead atoms. The van der Waals surface area contributed by atoms with Crippen LogP contribution in [0.2, 0.25) is 0 Å². The van der Waals surface area contributed by atoms with E-state index >= 15 is 0 Å². The van der Waals surface area contributed by atoms with E-state index in [1.165, 1.54) is 0 Å². The van der Waals surface area contributed by atoms with Gasteiger partial charge in [-0.3, -0.25) is 14.3 Å². The fourth-order valence-electron chi connectivity index (χ4n) is 2.33. The number of hydrogen-bond acceptors (Lipinski definition) is 3. The Hall–Kier alpha value is -1.65. The van der Waals surface area contributed by atoms with Crippen LogP contribution in [0.1, 0.15) is 48.7 Å². The summed E-state index contributed by atoms with van der Waals surface area (Å²) in [6.45, 7) is 1.98. The number of nitrogens with zero attached hydrogens (tertiary/aromatic N) is 2. The van der Waals surface area contributed by atoms with Crippen molar-refractivity contribution < 1.29 is 9.59 Å². The minimum absolute atomic E-state index is 0.0701. The van der Waals surface area contributed by atoms with Gasteiger partial charge in [0.05, 0.1) is 11.3 Å². The van der Waals surface area contributed by atoms with Crippen LogP contribution in [0.4, 0.5) is 0 Å². The molecule has 5 nitrogen and oxygen atoms in total. The fourth-order valence-corrected chi connectivity index (χ4v) is 2.33. The Labute approximate surface area is 107 Å². The molecule has 0 atom stereocenters. The molecule has 5 heteroatoms.